The van der Waals surface area contributed by atoms with Gasteiger partial charge in [-0.2, -0.15) is 0 Å². The first-order chi connectivity index (χ1) is 15.9. The number of carbonyl (C=O) groups excluding carboxylic acids is 1. The van der Waals surface area contributed by atoms with E-state index in [-0.39, 0.29) is 24.3 Å². The summed E-state index contributed by atoms with van der Waals surface area (Å²) in [6.07, 6.45) is 9.97. The van der Waals surface area contributed by atoms with Crippen molar-refractivity contribution in [2.45, 2.75) is 50.6 Å². The molecule has 4 aliphatic rings. The largest absolute Gasteiger partial charge is 0.483 e. The Labute approximate surface area is 195 Å². The molecule has 0 aromatic carbocycles. The molecule has 10 heteroatoms. The van der Waals surface area contributed by atoms with Gasteiger partial charge in [0.25, 0.3) is 12.4 Å². The van der Waals surface area contributed by atoms with Gasteiger partial charge in [0.05, 0.1) is 11.3 Å². The SMILES string of the molecule is O=C(NC[C@H]1[C@H]2C[C@H](CN(S(=O)(=O)CC3CC3)C2)[C@@H]2CCCCN21)c1cccnc1.O=CO. The first-order valence-corrected chi connectivity index (χ1v) is 13.5. The summed E-state index contributed by atoms with van der Waals surface area (Å²) in [5.74, 6) is 1.29. The van der Waals surface area contributed by atoms with E-state index in [1.165, 1.54) is 12.8 Å². The van der Waals surface area contributed by atoms with Crippen molar-refractivity contribution in [2.75, 3.05) is 31.9 Å². The van der Waals surface area contributed by atoms with Gasteiger partial charge in [0.1, 0.15) is 0 Å². The number of carboxylic acid groups (broad SMARTS) is 1. The van der Waals surface area contributed by atoms with Gasteiger partial charge in [0, 0.05) is 44.1 Å². The standard InChI is InChI=1S/C22H32N4O3S.CH2O2/c27-22(17-4-3-8-23-11-17)24-12-21-19-10-18(20-5-1-2-9-26(20)21)13-25(14-19)30(28,29)15-16-6-7-16;2-1-3/h3-4,8,11,16,18-21H,1-2,5-7,9-10,12-15H2,(H,24,27);1H,(H,2,3)/t18-,19+,20+,21+;/m1./s1. The molecule has 3 saturated heterocycles. The Morgan fingerprint density at radius 1 is 1.21 bits per heavy atom. The molecule has 5 rings (SSSR count). The Kier molecular flexibility index (Phi) is 7.65. The smallest absolute Gasteiger partial charge is 0.290 e. The van der Waals surface area contributed by atoms with Crippen molar-refractivity contribution in [3.8, 4) is 0 Å². The van der Waals surface area contributed by atoms with Crippen LogP contribution in [-0.4, -0.2) is 84.1 Å². The maximum absolute atomic E-state index is 13.0. The molecule has 4 heterocycles. The normalized spacial score (nSPS) is 29.8. The molecule has 1 aromatic heterocycles. The van der Waals surface area contributed by atoms with E-state index in [2.05, 4.69) is 15.2 Å². The summed E-state index contributed by atoms with van der Waals surface area (Å²) in [5, 5.41) is 10.0. The Balaban J connectivity index is 0.000000821. The van der Waals surface area contributed by atoms with E-state index >= 15 is 0 Å². The predicted molar refractivity (Wildman–Crippen MR) is 123 cm³/mol. The van der Waals surface area contributed by atoms with E-state index in [1.54, 1.807) is 28.8 Å². The van der Waals surface area contributed by atoms with Crippen molar-refractivity contribution < 1.29 is 23.1 Å². The maximum Gasteiger partial charge on any atom is 0.290 e. The number of carbonyl (C=O) groups is 2. The summed E-state index contributed by atoms with van der Waals surface area (Å²) in [4.78, 5) is 27.6. The molecule has 1 aliphatic carbocycles. The topological polar surface area (TPSA) is 120 Å². The van der Waals surface area contributed by atoms with Crippen LogP contribution >= 0.6 is 0 Å². The fourth-order valence-electron chi connectivity index (χ4n) is 5.86. The summed E-state index contributed by atoms with van der Waals surface area (Å²) in [5.41, 5.74) is 0.568. The third-order valence-electron chi connectivity index (χ3n) is 7.52. The lowest BCUT2D eigenvalue weighted by Gasteiger charge is -2.56. The number of amides is 1. The number of aromatic nitrogens is 1. The number of fused-ring (bicyclic) bond motifs is 4. The van der Waals surface area contributed by atoms with E-state index in [4.69, 9.17) is 9.90 Å². The van der Waals surface area contributed by atoms with E-state index in [0.717, 1.165) is 32.2 Å². The number of hydrogen-bond donors (Lipinski definition) is 2. The highest BCUT2D eigenvalue weighted by molar-refractivity contribution is 7.89. The van der Waals surface area contributed by atoms with Crippen LogP contribution in [0.5, 0.6) is 0 Å². The Morgan fingerprint density at radius 2 is 1.97 bits per heavy atom. The van der Waals surface area contributed by atoms with Gasteiger partial charge in [0.15, 0.2) is 0 Å². The monoisotopic (exact) mass is 478 g/mol. The zero-order chi connectivity index (χ0) is 23.4. The van der Waals surface area contributed by atoms with Gasteiger partial charge < -0.3 is 10.4 Å². The highest BCUT2D eigenvalue weighted by atomic mass is 32.2. The molecule has 9 nitrogen and oxygen atoms in total. The zero-order valence-electron chi connectivity index (χ0n) is 18.9. The van der Waals surface area contributed by atoms with E-state index in [1.807, 2.05) is 0 Å². The summed E-state index contributed by atoms with van der Waals surface area (Å²) >= 11 is 0. The molecule has 0 spiro atoms. The molecular weight excluding hydrogens is 444 g/mol. The van der Waals surface area contributed by atoms with Gasteiger partial charge >= 0.3 is 0 Å². The molecule has 0 radical (unpaired) electrons. The minimum Gasteiger partial charge on any atom is -0.483 e. The lowest BCUT2D eigenvalue weighted by molar-refractivity contribution is -0.122. The summed E-state index contributed by atoms with van der Waals surface area (Å²) < 4.78 is 27.8. The lowest BCUT2D eigenvalue weighted by Crippen LogP contribution is -2.66. The molecule has 1 amide bonds. The van der Waals surface area contributed by atoms with Gasteiger partial charge in [-0.05, 0) is 68.5 Å². The quantitative estimate of drug-likeness (QED) is 0.594. The van der Waals surface area contributed by atoms with Crippen LogP contribution in [0.2, 0.25) is 0 Å². The third kappa shape index (κ3) is 5.73. The highest BCUT2D eigenvalue weighted by Gasteiger charge is 2.49. The van der Waals surface area contributed by atoms with Crippen LogP contribution in [0, 0.1) is 17.8 Å². The van der Waals surface area contributed by atoms with Crippen molar-refractivity contribution in [3.63, 3.8) is 0 Å². The van der Waals surface area contributed by atoms with Crippen LogP contribution in [-0.2, 0) is 14.8 Å². The maximum atomic E-state index is 13.0. The van der Waals surface area contributed by atoms with Gasteiger partial charge in [-0.15, -0.1) is 0 Å². The Hall–Kier alpha value is -2.04. The van der Waals surface area contributed by atoms with Crippen molar-refractivity contribution in [1.29, 1.82) is 0 Å². The number of nitrogens with zero attached hydrogens (tertiary/aromatic N) is 3. The van der Waals surface area contributed by atoms with Crippen molar-refractivity contribution in [2.24, 2.45) is 17.8 Å². The minimum atomic E-state index is -3.18. The average Bonchev–Trinajstić information content (AvgIpc) is 3.63. The third-order valence-corrected chi connectivity index (χ3v) is 9.50. The van der Waals surface area contributed by atoms with Gasteiger partial charge in [0.2, 0.25) is 10.0 Å². The lowest BCUT2D eigenvalue weighted by atomic mass is 9.73. The first kappa shape index (κ1) is 24.1. The number of nitrogens with one attached hydrogen (secondary N) is 1. The number of hydrogen-bond acceptors (Lipinski definition) is 6. The van der Waals surface area contributed by atoms with Crippen LogP contribution in [0.1, 0.15) is 48.9 Å². The molecule has 4 atom stereocenters. The molecule has 3 aliphatic heterocycles. The van der Waals surface area contributed by atoms with Crippen LogP contribution in [0.4, 0.5) is 0 Å². The fraction of sp³-hybridized carbons (Fsp3) is 0.696. The summed E-state index contributed by atoms with van der Waals surface area (Å²) in [7, 11) is -3.18. The molecule has 2 bridgehead atoms. The second-order valence-electron chi connectivity index (χ2n) is 9.72. The zero-order valence-corrected chi connectivity index (χ0v) is 19.7. The van der Waals surface area contributed by atoms with Gasteiger partial charge in [-0.3, -0.25) is 19.5 Å². The van der Waals surface area contributed by atoms with Crippen molar-refractivity contribution >= 4 is 22.4 Å². The molecule has 0 unspecified atom stereocenters. The molecule has 4 fully saturated rings. The fourth-order valence-corrected chi connectivity index (χ4v) is 7.83. The van der Waals surface area contributed by atoms with Gasteiger partial charge in [-0.1, -0.05) is 6.42 Å². The Bertz CT molecular complexity index is 924. The predicted octanol–water partition coefficient (Wildman–Crippen LogP) is 1.43. The van der Waals surface area contributed by atoms with Crippen LogP contribution < -0.4 is 5.32 Å². The van der Waals surface area contributed by atoms with E-state index < -0.39 is 10.0 Å². The number of sulfonamides is 1. The molecule has 1 saturated carbocycles. The summed E-state index contributed by atoms with van der Waals surface area (Å²) in [6.45, 7) is 2.65. The van der Waals surface area contributed by atoms with Crippen LogP contribution in [0.25, 0.3) is 0 Å². The highest BCUT2D eigenvalue weighted by Crippen LogP contribution is 2.42. The number of pyridine rings is 1. The molecular formula is C23H34N4O5S. The molecule has 33 heavy (non-hydrogen) atoms. The van der Waals surface area contributed by atoms with Crippen molar-refractivity contribution in [1.82, 2.24) is 19.5 Å². The Morgan fingerprint density at radius 3 is 2.67 bits per heavy atom. The second kappa shape index (κ2) is 10.5. The summed E-state index contributed by atoms with van der Waals surface area (Å²) in [6, 6.07) is 4.18. The van der Waals surface area contributed by atoms with Crippen molar-refractivity contribution in [3.05, 3.63) is 30.1 Å². The number of rotatable bonds is 6. The number of piperidine rings is 3. The van der Waals surface area contributed by atoms with Crippen LogP contribution in [0.3, 0.4) is 0 Å². The minimum absolute atomic E-state index is 0.104. The first-order valence-electron chi connectivity index (χ1n) is 11.9. The van der Waals surface area contributed by atoms with E-state index in [9.17, 15) is 13.2 Å². The molecule has 182 valence electrons. The van der Waals surface area contributed by atoms with Crippen LogP contribution in [0.15, 0.2) is 24.5 Å². The second-order valence-corrected chi connectivity index (χ2v) is 11.7. The average molecular weight is 479 g/mol. The molecule has 1 aromatic rings. The molecule has 2 N–H and O–H groups in total. The van der Waals surface area contributed by atoms with Gasteiger partial charge in [-0.25, -0.2) is 12.7 Å². The van der Waals surface area contributed by atoms with E-state index in [0.29, 0.717) is 48.8 Å².